The lowest BCUT2D eigenvalue weighted by atomic mass is 10.1. The van der Waals surface area contributed by atoms with Crippen molar-refractivity contribution in [1.82, 2.24) is 10.3 Å². The summed E-state index contributed by atoms with van der Waals surface area (Å²) < 4.78 is 0. The maximum atomic E-state index is 9.73. The zero-order valence-corrected chi connectivity index (χ0v) is 8.61. The first-order valence-corrected chi connectivity index (χ1v) is 5.13. The standard InChI is InChI=1S/C11H18N2O/c1-2-3-6-13-9-11(14)10-4-7-12-8-5-10/h4-5,7-8,11,13-14H,2-3,6,9H2,1H3. The van der Waals surface area contributed by atoms with E-state index in [4.69, 9.17) is 0 Å². The van der Waals surface area contributed by atoms with Crippen LogP contribution in [0.5, 0.6) is 0 Å². The normalized spacial score (nSPS) is 12.7. The van der Waals surface area contributed by atoms with Crippen molar-refractivity contribution < 1.29 is 5.11 Å². The third-order valence-electron chi connectivity index (χ3n) is 2.14. The monoisotopic (exact) mass is 194 g/mol. The number of pyridine rings is 1. The van der Waals surface area contributed by atoms with Gasteiger partial charge in [-0.2, -0.15) is 0 Å². The highest BCUT2D eigenvalue weighted by Crippen LogP contribution is 2.09. The van der Waals surface area contributed by atoms with Gasteiger partial charge in [0.05, 0.1) is 6.10 Å². The highest BCUT2D eigenvalue weighted by atomic mass is 16.3. The van der Waals surface area contributed by atoms with E-state index >= 15 is 0 Å². The lowest BCUT2D eigenvalue weighted by Crippen LogP contribution is -2.22. The van der Waals surface area contributed by atoms with Crippen LogP contribution >= 0.6 is 0 Å². The number of aliphatic hydroxyl groups is 1. The van der Waals surface area contributed by atoms with Gasteiger partial charge in [0.2, 0.25) is 0 Å². The third-order valence-corrected chi connectivity index (χ3v) is 2.14. The summed E-state index contributed by atoms with van der Waals surface area (Å²) in [7, 11) is 0. The van der Waals surface area contributed by atoms with Crippen LogP contribution in [0.15, 0.2) is 24.5 Å². The molecule has 1 heterocycles. The van der Waals surface area contributed by atoms with Gasteiger partial charge in [-0.15, -0.1) is 0 Å². The Morgan fingerprint density at radius 2 is 2.14 bits per heavy atom. The van der Waals surface area contributed by atoms with Crippen molar-refractivity contribution in [3.8, 4) is 0 Å². The molecule has 1 atom stereocenters. The molecule has 0 bridgehead atoms. The molecule has 0 aliphatic carbocycles. The average molecular weight is 194 g/mol. The van der Waals surface area contributed by atoms with Crippen molar-refractivity contribution in [3.05, 3.63) is 30.1 Å². The Morgan fingerprint density at radius 1 is 1.43 bits per heavy atom. The molecule has 3 nitrogen and oxygen atoms in total. The maximum absolute atomic E-state index is 9.73. The highest BCUT2D eigenvalue weighted by molar-refractivity contribution is 5.13. The minimum atomic E-state index is -0.421. The maximum Gasteiger partial charge on any atom is 0.0915 e. The zero-order chi connectivity index (χ0) is 10.2. The van der Waals surface area contributed by atoms with Gasteiger partial charge in [-0.25, -0.2) is 0 Å². The number of hydrogen-bond donors (Lipinski definition) is 2. The number of unbranched alkanes of at least 4 members (excludes halogenated alkanes) is 1. The van der Waals surface area contributed by atoms with E-state index in [2.05, 4.69) is 17.2 Å². The predicted molar refractivity (Wildman–Crippen MR) is 57.0 cm³/mol. The summed E-state index contributed by atoms with van der Waals surface area (Å²) in [5.41, 5.74) is 0.920. The molecule has 0 aromatic carbocycles. The summed E-state index contributed by atoms with van der Waals surface area (Å²) in [5, 5.41) is 12.9. The Labute approximate surface area is 85.2 Å². The molecule has 2 N–H and O–H groups in total. The van der Waals surface area contributed by atoms with Gasteiger partial charge in [-0.05, 0) is 30.7 Å². The zero-order valence-electron chi connectivity index (χ0n) is 8.61. The summed E-state index contributed by atoms with van der Waals surface area (Å²) in [4.78, 5) is 3.91. The fraction of sp³-hybridized carbons (Fsp3) is 0.545. The molecule has 1 unspecified atom stereocenters. The molecule has 0 aliphatic heterocycles. The van der Waals surface area contributed by atoms with E-state index in [1.165, 1.54) is 6.42 Å². The van der Waals surface area contributed by atoms with E-state index in [1.807, 2.05) is 12.1 Å². The number of rotatable bonds is 6. The third kappa shape index (κ3) is 3.85. The summed E-state index contributed by atoms with van der Waals surface area (Å²) in [5.74, 6) is 0. The van der Waals surface area contributed by atoms with Crippen LogP contribution in [0, 0.1) is 0 Å². The van der Waals surface area contributed by atoms with Crippen LogP contribution in [0.3, 0.4) is 0 Å². The molecular weight excluding hydrogens is 176 g/mol. The minimum Gasteiger partial charge on any atom is -0.387 e. The molecule has 14 heavy (non-hydrogen) atoms. The van der Waals surface area contributed by atoms with E-state index in [9.17, 15) is 5.11 Å². The van der Waals surface area contributed by atoms with Crippen LogP contribution in [0.25, 0.3) is 0 Å². The van der Waals surface area contributed by atoms with Gasteiger partial charge in [0.1, 0.15) is 0 Å². The molecule has 1 aromatic rings. The molecule has 3 heteroatoms. The summed E-state index contributed by atoms with van der Waals surface area (Å²) >= 11 is 0. The van der Waals surface area contributed by atoms with Crippen molar-refractivity contribution in [2.45, 2.75) is 25.9 Å². The molecule has 0 fully saturated rings. The lowest BCUT2D eigenvalue weighted by molar-refractivity contribution is 0.174. The van der Waals surface area contributed by atoms with E-state index in [1.54, 1.807) is 12.4 Å². The van der Waals surface area contributed by atoms with Crippen molar-refractivity contribution in [2.75, 3.05) is 13.1 Å². The van der Waals surface area contributed by atoms with Gasteiger partial charge >= 0.3 is 0 Å². The quantitative estimate of drug-likeness (QED) is 0.675. The van der Waals surface area contributed by atoms with E-state index in [0.717, 1.165) is 18.5 Å². The topological polar surface area (TPSA) is 45.1 Å². The molecular formula is C11H18N2O. The number of nitrogens with one attached hydrogen (secondary N) is 1. The van der Waals surface area contributed by atoms with E-state index in [0.29, 0.717) is 6.54 Å². The second-order valence-corrected chi connectivity index (χ2v) is 3.35. The fourth-order valence-electron chi connectivity index (χ4n) is 1.24. The predicted octanol–water partition coefficient (Wildman–Crippen LogP) is 1.50. The first kappa shape index (κ1) is 11.1. The highest BCUT2D eigenvalue weighted by Gasteiger charge is 2.04. The molecule has 0 amide bonds. The van der Waals surface area contributed by atoms with Crippen molar-refractivity contribution in [3.63, 3.8) is 0 Å². The molecule has 78 valence electrons. The van der Waals surface area contributed by atoms with Crippen LogP contribution < -0.4 is 5.32 Å². The van der Waals surface area contributed by atoms with Crippen LogP contribution in [0.4, 0.5) is 0 Å². The minimum absolute atomic E-state index is 0.421. The van der Waals surface area contributed by atoms with E-state index in [-0.39, 0.29) is 0 Å². The van der Waals surface area contributed by atoms with Gasteiger partial charge in [0.25, 0.3) is 0 Å². The molecule has 1 rings (SSSR count). The van der Waals surface area contributed by atoms with Crippen molar-refractivity contribution >= 4 is 0 Å². The van der Waals surface area contributed by atoms with Crippen LogP contribution in [0.2, 0.25) is 0 Å². The molecule has 1 aromatic heterocycles. The number of aliphatic hydroxyl groups excluding tert-OH is 1. The molecule has 0 radical (unpaired) electrons. The number of hydrogen-bond acceptors (Lipinski definition) is 3. The van der Waals surface area contributed by atoms with Crippen molar-refractivity contribution in [2.24, 2.45) is 0 Å². The lowest BCUT2D eigenvalue weighted by Gasteiger charge is -2.11. The molecule has 0 spiro atoms. The Hall–Kier alpha value is -0.930. The van der Waals surface area contributed by atoms with Crippen LogP contribution in [-0.4, -0.2) is 23.2 Å². The van der Waals surface area contributed by atoms with Gasteiger partial charge in [0.15, 0.2) is 0 Å². The second kappa shape index (κ2) is 6.51. The Morgan fingerprint density at radius 3 is 2.79 bits per heavy atom. The fourth-order valence-corrected chi connectivity index (χ4v) is 1.24. The largest absolute Gasteiger partial charge is 0.387 e. The smallest absolute Gasteiger partial charge is 0.0915 e. The Kier molecular flexibility index (Phi) is 5.19. The van der Waals surface area contributed by atoms with E-state index < -0.39 is 6.10 Å². The van der Waals surface area contributed by atoms with Gasteiger partial charge < -0.3 is 10.4 Å². The Balaban J connectivity index is 2.25. The van der Waals surface area contributed by atoms with Gasteiger partial charge in [-0.1, -0.05) is 13.3 Å². The van der Waals surface area contributed by atoms with Crippen LogP contribution in [0.1, 0.15) is 31.4 Å². The summed E-state index contributed by atoms with van der Waals surface area (Å²) in [6.07, 6.45) is 5.31. The second-order valence-electron chi connectivity index (χ2n) is 3.35. The SMILES string of the molecule is CCCCNCC(O)c1ccncc1. The summed E-state index contributed by atoms with van der Waals surface area (Å²) in [6, 6.07) is 3.68. The number of nitrogens with zero attached hydrogens (tertiary/aromatic N) is 1. The molecule has 0 aliphatic rings. The van der Waals surface area contributed by atoms with Gasteiger partial charge in [-0.3, -0.25) is 4.98 Å². The first-order chi connectivity index (χ1) is 6.84. The number of aromatic nitrogens is 1. The summed E-state index contributed by atoms with van der Waals surface area (Å²) in [6.45, 7) is 3.74. The van der Waals surface area contributed by atoms with Crippen LogP contribution in [-0.2, 0) is 0 Å². The first-order valence-electron chi connectivity index (χ1n) is 5.13. The molecule has 0 saturated carbocycles. The molecule has 0 saturated heterocycles. The van der Waals surface area contributed by atoms with Crippen molar-refractivity contribution in [1.29, 1.82) is 0 Å². The van der Waals surface area contributed by atoms with Gasteiger partial charge in [0, 0.05) is 18.9 Å². The Bertz CT molecular complexity index is 238. The average Bonchev–Trinajstić information content (AvgIpc) is 2.25.